The number of barbiturate groups is 1. The molecule has 1 aromatic heterocycles. The second kappa shape index (κ2) is 6.16. The zero-order valence-electron chi connectivity index (χ0n) is 13.3. The summed E-state index contributed by atoms with van der Waals surface area (Å²) in [6, 6.07) is 9.58. The Hall–Kier alpha value is -3.15. The van der Waals surface area contributed by atoms with Gasteiger partial charge in [0.25, 0.3) is 11.8 Å². The van der Waals surface area contributed by atoms with Gasteiger partial charge in [-0.2, -0.15) is 0 Å². The van der Waals surface area contributed by atoms with Crippen LogP contribution in [0.5, 0.6) is 0 Å². The third-order valence-electron chi connectivity index (χ3n) is 3.75. The SMILES string of the molecule is CC(C)c1ccc(N2C(=O)NC(=O)C(=Cc3ccco3)C2=O)cc1. The van der Waals surface area contributed by atoms with E-state index in [1.165, 1.54) is 12.3 Å². The lowest BCUT2D eigenvalue weighted by Gasteiger charge is -2.26. The van der Waals surface area contributed by atoms with Crippen LogP contribution in [-0.2, 0) is 9.59 Å². The normalized spacial score (nSPS) is 16.9. The van der Waals surface area contributed by atoms with E-state index in [1.807, 2.05) is 12.1 Å². The second-order valence-corrected chi connectivity index (χ2v) is 5.72. The molecule has 24 heavy (non-hydrogen) atoms. The van der Waals surface area contributed by atoms with Crippen molar-refractivity contribution in [2.75, 3.05) is 4.90 Å². The Morgan fingerprint density at radius 2 is 1.79 bits per heavy atom. The quantitative estimate of drug-likeness (QED) is 0.695. The Kier molecular flexibility index (Phi) is 4.04. The van der Waals surface area contributed by atoms with Gasteiger partial charge in [-0.3, -0.25) is 14.9 Å². The molecule has 1 aliphatic rings. The summed E-state index contributed by atoms with van der Waals surface area (Å²) in [5.41, 5.74) is 1.34. The van der Waals surface area contributed by atoms with E-state index in [2.05, 4.69) is 19.2 Å². The highest BCUT2D eigenvalue weighted by Crippen LogP contribution is 2.24. The second-order valence-electron chi connectivity index (χ2n) is 5.72. The maximum Gasteiger partial charge on any atom is 0.335 e. The average Bonchev–Trinajstić information content (AvgIpc) is 3.05. The summed E-state index contributed by atoms with van der Waals surface area (Å²) in [6.07, 6.45) is 2.75. The van der Waals surface area contributed by atoms with Crippen molar-refractivity contribution >= 4 is 29.6 Å². The van der Waals surface area contributed by atoms with Crippen molar-refractivity contribution in [3.8, 4) is 0 Å². The van der Waals surface area contributed by atoms with Crippen LogP contribution in [0, 0.1) is 0 Å². The monoisotopic (exact) mass is 324 g/mol. The lowest BCUT2D eigenvalue weighted by atomic mass is 10.0. The van der Waals surface area contributed by atoms with Gasteiger partial charge in [-0.25, -0.2) is 9.69 Å². The zero-order chi connectivity index (χ0) is 17.3. The maximum absolute atomic E-state index is 12.6. The number of rotatable bonds is 3. The van der Waals surface area contributed by atoms with Gasteiger partial charge in [0.05, 0.1) is 12.0 Å². The van der Waals surface area contributed by atoms with Crippen molar-refractivity contribution in [3.63, 3.8) is 0 Å². The van der Waals surface area contributed by atoms with Gasteiger partial charge in [-0.15, -0.1) is 0 Å². The molecule has 0 aliphatic carbocycles. The molecule has 0 atom stereocenters. The number of hydrogen-bond donors (Lipinski definition) is 1. The first-order valence-electron chi connectivity index (χ1n) is 7.52. The molecule has 0 unspecified atom stereocenters. The molecule has 4 amide bonds. The van der Waals surface area contributed by atoms with Crippen LogP contribution in [-0.4, -0.2) is 17.8 Å². The standard InChI is InChI=1S/C18H16N2O4/c1-11(2)12-5-7-13(8-6-12)20-17(22)15(16(21)19-18(20)23)10-14-4-3-9-24-14/h3-11H,1-2H3,(H,19,21,23). The van der Waals surface area contributed by atoms with E-state index in [0.717, 1.165) is 10.5 Å². The number of furan rings is 1. The van der Waals surface area contributed by atoms with Gasteiger partial charge in [0.1, 0.15) is 11.3 Å². The fourth-order valence-electron chi connectivity index (χ4n) is 2.42. The number of anilines is 1. The molecule has 0 radical (unpaired) electrons. The summed E-state index contributed by atoms with van der Waals surface area (Å²) < 4.78 is 5.13. The number of hydrogen-bond acceptors (Lipinski definition) is 4. The minimum atomic E-state index is -0.765. The number of amides is 4. The molecule has 6 nitrogen and oxygen atoms in total. The zero-order valence-corrected chi connectivity index (χ0v) is 13.3. The van der Waals surface area contributed by atoms with Crippen LogP contribution in [0.15, 0.2) is 52.7 Å². The van der Waals surface area contributed by atoms with E-state index >= 15 is 0 Å². The molecule has 6 heteroatoms. The smallest absolute Gasteiger partial charge is 0.335 e. The van der Waals surface area contributed by atoms with Crippen molar-refractivity contribution in [2.24, 2.45) is 0 Å². The first kappa shape index (κ1) is 15.7. The first-order valence-corrected chi connectivity index (χ1v) is 7.52. The van der Waals surface area contributed by atoms with Crippen LogP contribution in [0.25, 0.3) is 6.08 Å². The van der Waals surface area contributed by atoms with Gasteiger partial charge in [0.2, 0.25) is 0 Å². The summed E-state index contributed by atoms with van der Waals surface area (Å²) in [4.78, 5) is 37.6. The maximum atomic E-state index is 12.6. The largest absolute Gasteiger partial charge is 0.465 e. The minimum absolute atomic E-state index is 0.155. The highest BCUT2D eigenvalue weighted by atomic mass is 16.3. The number of imide groups is 2. The minimum Gasteiger partial charge on any atom is -0.465 e. The molecule has 2 heterocycles. The average molecular weight is 324 g/mol. The van der Waals surface area contributed by atoms with Crippen LogP contribution < -0.4 is 10.2 Å². The predicted octanol–water partition coefficient (Wildman–Crippen LogP) is 3.07. The molecule has 0 spiro atoms. The van der Waals surface area contributed by atoms with Gasteiger partial charge in [-0.1, -0.05) is 26.0 Å². The molecule has 1 aliphatic heterocycles. The lowest BCUT2D eigenvalue weighted by Crippen LogP contribution is -2.54. The third-order valence-corrected chi connectivity index (χ3v) is 3.75. The van der Waals surface area contributed by atoms with Crippen molar-refractivity contribution in [1.29, 1.82) is 0 Å². The summed E-state index contributed by atoms with van der Waals surface area (Å²) >= 11 is 0. The number of carbonyl (C=O) groups excluding carboxylic acids is 3. The van der Waals surface area contributed by atoms with Gasteiger partial charge in [-0.05, 0) is 41.8 Å². The summed E-state index contributed by atoms with van der Waals surface area (Å²) in [5.74, 6) is -0.729. The molecule has 0 saturated carbocycles. The van der Waals surface area contributed by atoms with Gasteiger partial charge in [0, 0.05) is 0 Å². The molecule has 0 bridgehead atoms. The number of nitrogens with one attached hydrogen (secondary N) is 1. The van der Waals surface area contributed by atoms with Gasteiger partial charge < -0.3 is 4.42 Å². The van der Waals surface area contributed by atoms with Crippen molar-refractivity contribution in [2.45, 2.75) is 19.8 Å². The molecular formula is C18H16N2O4. The lowest BCUT2D eigenvalue weighted by molar-refractivity contribution is -0.122. The molecule has 1 fully saturated rings. The number of urea groups is 1. The predicted molar refractivity (Wildman–Crippen MR) is 88.2 cm³/mol. The first-order chi connectivity index (χ1) is 11.5. The van der Waals surface area contributed by atoms with Crippen LogP contribution in [0.1, 0.15) is 31.1 Å². The van der Waals surface area contributed by atoms with E-state index < -0.39 is 17.8 Å². The van der Waals surface area contributed by atoms with E-state index in [0.29, 0.717) is 17.4 Å². The van der Waals surface area contributed by atoms with Crippen molar-refractivity contribution < 1.29 is 18.8 Å². The number of carbonyl (C=O) groups is 3. The highest BCUT2D eigenvalue weighted by molar-refractivity contribution is 6.39. The van der Waals surface area contributed by atoms with Crippen LogP contribution in [0.4, 0.5) is 10.5 Å². The van der Waals surface area contributed by atoms with E-state index in [9.17, 15) is 14.4 Å². The third kappa shape index (κ3) is 2.86. The van der Waals surface area contributed by atoms with Gasteiger partial charge >= 0.3 is 6.03 Å². The Labute approximate surface area is 138 Å². The molecule has 1 saturated heterocycles. The van der Waals surface area contributed by atoms with Crippen LogP contribution in [0.2, 0.25) is 0 Å². The molecule has 1 N–H and O–H groups in total. The Morgan fingerprint density at radius 1 is 1.08 bits per heavy atom. The molecular weight excluding hydrogens is 308 g/mol. The van der Waals surface area contributed by atoms with Crippen LogP contribution in [0.3, 0.4) is 0 Å². The van der Waals surface area contributed by atoms with Crippen molar-refractivity contribution in [1.82, 2.24) is 5.32 Å². The highest BCUT2D eigenvalue weighted by Gasteiger charge is 2.36. The van der Waals surface area contributed by atoms with Crippen LogP contribution >= 0.6 is 0 Å². The number of benzene rings is 1. The fraction of sp³-hybridized carbons (Fsp3) is 0.167. The molecule has 3 rings (SSSR count). The summed E-state index contributed by atoms with van der Waals surface area (Å²) in [6.45, 7) is 4.10. The van der Waals surface area contributed by atoms with E-state index in [4.69, 9.17) is 4.42 Å². The molecule has 122 valence electrons. The van der Waals surface area contributed by atoms with Gasteiger partial charge in [0.15, 0.2) is 0 Å². The summed E-state index contributed by atoms with van der Waals surface area (Å²) in [7, 11) is 0. The number of nitrogens with zero attached hydrogens (tertiary/aromatic N) is 1. The van der Waals surface area contributed by atoms with Crippen molar-refractivity contribution in [3.05, 3.63) is 59.6 Å². The van der Waals surface area contributed by atoms with E-state index in [-0.39, 0.29) is 5.57 Å². The topological polar surface area (TPSA) is 79.6 Å². The molecule has 2 aromatic rings. The van der Waals surface area contributed by atoms with E-state index in [1.54, 1.807) is 24.3 Å². The Bertz CT molecular complexity index is 817. The fourth-order valence-corrected chi connectivity index (χ4v) is 2.42. The Balaban J connectivity index is 1.96. The Morgan fingerprint density at radius 3 is 2.38 bits per heavy atom. The summed E-state index contributed by atoms with van der Waals surface area (Å²) in [5, 5.41) is 2.18. The molecule has 1 aromatic carbocycles.